The van der Waals surface area contributed by atoms with Gasteiger partial charge in [-0.3, -0.25) is 4.98 Å². The highest BCUT2D eigenvalue weighted by atomic mass is 16.2. The van der Waals surface area contributed by atoms with Gasteiger partial charge in [0, 0.05) is 24.5 Å². The maximum absolute atomic E-state index is 12.2. The topological polar surface area (TPSA) is 97.6 Å². The molecule has 0 aliphatic carbocycles. The van der Waals surface area contributed by atoms with E-state index in [4.69, 9.17) is 0 Å². The second kappa shape index (κ2) is 7.52. The van der Waals surface area contributed by atoms with E-state index >= 15 is 0 Å². The quantitative estimate of drug-likeness (QED) is 0.746. The first kappa shape index (κ1) is 16.6. The van der Waals surface area contributed by atoms with Crippen molar-refractivity contribution in [3.05, 3.63) is 54.4 Å². The van der Waals surface area contributed by atoms with Gasteiger partial charge in [0.25, 0.3) is 0 Å². The molecule has 0 unspecified atom stereocenters. The molecule has 0 saturated heterocycles. The van der Waals surface area contributed by atoms with E-state index < -0.39 is 0 Å². The van der Waals surface area contributed by atoms with Crippen LogP contribution >= 0.6 is 0 Å². The Balaban J connectivity index is 1.75. The highest BCUT2D eigenvalue weighted by Crippen LogP contribution is 2.27. The van der Waals surface area contributed by atoms with Crippen LogP contribution in [0.4, 0.5) is 10.5 Å². The predicted octanol–water partition coefficient (Wildman–Crippen LogP) is 2.64. The van der Waals surface area contributed by atoms with Gasteiger partial charge < -0.3 is 10.6 Å². The molecule has 1 aromatic carbocycles. The minimum atomic E-state index is -0.306. The fraction of sp³-hybridized carbons (Fsp3) is 0.235. The third-order valence-corrected chi connectivity index (χ3v) is 3.57. The second-order valence-corrected chi connectivity index (χ2v) is 5.76. The average Bonchev–Trinajstić information content (AvgIpc) is 3.11. The van der Waals surface area contributed by atoms with Crippen molar-refractivity contribution in [2.24, 2.45) is 0 Å². The van der Waals surface area contributed by atoms with Crippen molar-refractivity contribution in [1.82, 2.24) is 30.5 Å². The van der Waals surface area contributed by atoms with Gasteiger partial charge in [-0.2, -0.15) is 0 Å². The van der Waals surface area contributed by atoms with Gasteiger partial charge in [-0.25, -0.2) is 9.48 Å². The molecule has 0 saturated carbocycles. The Morgan fingerprint density at radius 1 is 1.20 bits per heavy atom. The third kappa shape index (κ3) is 3.97. The van der Waals surface area contributed by atoms with Gasteiger partial charge in [0.05, 0.1) is 11.7 Å². The van der Waals surface area contributed by atoms with Gasteiger partial charge in [-0.15, -0.1) is 5.10 Å². The highest BCUT2D eigenvalue weighted by molar-refractivity contribution is 5.93. The molecule has 0 aliphatic rings. The lowest BCUT2D eigenvalue weighted by atomic mass is 10.1. The number of carbonyl (C=O) groups is 1. The van der Waals surface area contributed by atoms with E-state index in [1.807, 2.05) is 50.2 Å². The van der Waals surface area contributed by atoms with Crippen LogP contribution in [0, 0.1) is 0 Å². The van der Waals surface area contributed by atoms with Crippen molar-refractivity contribution in [3.63, 3.8) is 0 Å². The first-order valence-electron chi connectivity index (χ1n) is 7.96. The lowest BCUT2D eigenvalue weighted by Gasteiger charge is -2.13. The van der Waals surface area contributed by atoms with Crippen LogP contribution in [-0.2, 0) is 6.54 Å². The number of anilines is 1. The second-order valence-electron chi connectivity index (χ2n) is 5.76. The van der Waals surface area contributed by atoms with Gasteiger partial charge in [0.1, 0.15) is 0 Å². The van der Waals surface area contributed by atoms with Crippen molar-refractivity contribution in [1.29, 1.82) is 0 Å². The SMILES string of the molecule is CC(C)n1nnnc1-c1ccccc1NC(=O)NCc1cccnc1. The molecule has 3 rings (SSSR count). The number of carbonyl (C=O) groups excluding carboxylic acids is 1. The first-order chi connectivity index (χ1) is 12.1. The van der Waals surface area contributed by atoms with E-state index in [1.165, 1.54) is 0 Å². The van der Waals surface area contributed by atoms with Crippen LogP contribution in [0.2, 0.25) is 0 Å². The third-order valence-electron chi connectivity index (χ3n) is 3.57. The molecule has 128 valence electrons. The smallest absolute Gasteiger partial charge is 0.319 e. The summed E-state index contributed by atoms with van der Waals surface area (Å²) in [6.07, 6.45) is 3.41. The van der Waals surface area contributed by atoms with Crippen LogP contribution in [0.25, 0.3) is 11.4 Å². The molecule has 8 nitrogen and oxygen atoms in total. The molecule has 0 radical (unpaired) electrons. The molecule has 2 heterocycles. The summed E-state index contributed by atoms with van der Waals surface area (Å²) in [6, 6.07) is 11.0. The van der Waals surface area contributed by atoms with E-state index in [0.29, 0.717) is 18.1 Å². The molecule has 2 amide bonds. The van der Waals surface area contributed by atoms with Crippen LogP contribution in [0.5, 0.6) is 0 Å². The summed E-state index contributed by atoms with van der Waals surface area (Å²) < 4.78 is 1.72. The Morgan fingerprint density at radius 3 is 2.80 bits per heavy atom. The van der Waals surface area contributed by atoms with Gasteiger partial charge in [-0.1, -0.05) is 18.2 Å². The maximum atomic E-state index is 12.2. The molecule has 0 spiro atoms. The monoisotopic (exact) mass is 337 g/mol. The van der Waals surface area contributed by atoms with Crippen molar-refractivity contribution in [3.8, 4) is 11.4 Å². The van der Waals surface area contributed by atoms with Gasteiger partial charge in [-0.05, 0) is 48.0 Å². The van der Waals surface area contributed by atoms with E-state index in [2.05, 4.69) is 31.1 Å². The number of nitrogens with one attached hydrogen (secondary N) is 2. The molecule has 8 heteroatoms. The number of urea groups is 1. The van der Waals surface area contributed by atoms with E-state index in [9.17, 15) is 4.79 Å². The number of nitrogens with zero attached hydrogens (tertiary/aromatic N) is 5. The minimum Gasteiger partial charge on any atom is -0.334 e. The zero-order chi connectivity index (χ0) is 17.6. The molecule has 2 N–H and O–H groups in total. The van der Waals surface area contributed by atoms with E-state index in [0.717, 1.165) is 11.1 Å². The standard InChI is InChI=1S/C17H19N7O/c1-12(2)24-16(21-22-23-24)14-7-3-4-8-15(14)20-17(25)19-11-13-6-5-9-18-10-13/h3-10,12H,11H2,1-2H3,(H2,19,20,25). The number of rotatable bonds is 5. The summed E-state index contributed by atoms with van der Waals surface area (Å²) in [7, 11) is 0. The maximum Gasteiger partial charge on any atom is 0.319 e. The summed E-state index contributed by atoms with van der Waals surface area (Å²) in [4.78, 5) is 16.2. The summed E-state index contributed by atoms with van der Waals surface area (Å²) in [6.45, 7) is 4.39. The number of para-hydroxylation sites is 1. The van der Waals surface area contributed by atoms with Crippen LogP contribution in [-0.4, -0.2) is 31.2 Å². The molecule has 2 aromatic heterocycles. The van der Waals surface area contributed by atoms with Crippen molar-refractivity contribution >= 4 is 11.7 Å². The van der Waals surface area contributed by atoms with Crippen molar-refractivity contribution in [2.45, 2.75) is 26.4 Å². The van der Waals surface area contributed by atoms with Crippen molar-refractivity contribution < 1.29 is 4.79 Å². The molecular formula is C17H19N7O. The van der Waals surface area contributed by atoms with Gasteiger partial charge >= 0.3 is 6.03 Å². The number of aromatic nitrogens is 5. The van der Waals surface area contributed by atoms with Crippen LogP contribution < -0.4 is 10.6 Å². The first-order valence-corrected chi connectivity index (χ1v) is 7.96. The number of amides is 2. The molecule has 0 bridgehead atoms. The summed E-state index contributed by atoms with van der Waals surface area (Å²) in [5, 5.41) is 17.5. The number of benzene rings is 1. The zero-order valence-electron chi connectivity index (χ0n) is 14.0. The van der Waals surface area contributed by atoms with Gasteiger partial charge in [0.2, 0.25) is 0 Å². The molecule has 25 heavy (non-hydrogen) atoms. The van der Waals surface area contributed by atoms with Crippen LogP contribution in [0.1, 0.15) is 25.5 Å². The van der Waals surface area contributed by atoms with Gasteiger partial charge in [0.15, 0.2) is 5.82 Å². The lowest BCUT2D eigenvalue weighted by molar-refractivity contribution is 0.251. The summed E-state index contributed by atoms with van der Waals surface area (Å²) in [5.41, 5.74) is 2.33. The Kier molecular flexibility index (Phi) is 4.98. The summed E-state index contributed by atoms with van der Waals surface area (Å²) in [5.74, 6) is 0.609. The fourth-order valence-corrected chi connectivity index (χ4v) is 2.36. The molecule has 0 aliphatic heterocycles. The number of tetrazole rings is 1. The number of hydrogen-bond donors (Lipinski definition) is 2. The van der Waals surface area contributed by atoms with Crippen LogP contribution in [0.3, 0.4) is 0 Å². The highest BCUT2D eigenvalue weighted by Gasteiger charge is 2.16. The van der Waals surface area contributed by atoms with E-state index in [1.54, 1.807) is 17.1 Å². The van der Waals surface area contributed by atoms with Crippen molar-refractivity contribution in [2.75, 3.05) is 5.32 Å². The zero-order valence-corrected chi connectivity index (χ0v) is 14.0. The summed E-state index contributed by atoms with van der Waals surface area (Å²) >= 11 is 0. The number of hydrogen-bond acceptors (Lipinski definition) is 5. The normalized spacial score (nSPS) is 10.7. The lowest BCUT2D eigenvalue weighted by Crippen LogP contribution is -2.28. The Labute approximate surface area is 145 Å². The predicted molar refractivity (Wildman–Crippen MR) is 93.7 cm³/mol. The Morgan fingerprint density at radius 2 is 2.04 bits per heavy atom. The molecule has 0 atom stereocenters. The fourth-order valence-electron chi connectivity index (χ4n) is 2.36. The molecule has 0 fully saturated rings. The van der Waals surface area contributed by atoms with Crippen LogP contribution in [0.15, 0.2) is 48.8 Å². The average molecular weight is 337 g/mol. The number of pyridine rings is 1. The van der Waals surface area contributed by atoms with E-state index in [-0.39, 0.29) is 12.1 Å². The molecule has 3 aromatic rings. The Bertz CT molecular complexity index is 845. The molecular weight excluding hydrogens is 318 g/mol. The largest absolute Gasteiger partial charge is 0.334 e. The minimum absolute atomic E-state index is 0.109. The Hall–Kier alpha value is -3.29.